The minimum Gasteiger partial charge on any atom is -0.507 e. The smallest absolute Gasteiger partial charge is 0.205 e. The third-order valence-electron chi connectivity index (χ3n) is 3.28. The molecule has 20 heavy (non-hydrogen) atoms. The standard InChI is InChI=1S/C15H12N2O2S/c1-8-5-10(18)14-11(6-8)19-15(17)9(7-16)13(14)12-3-2-4-20-12/h2-6,13,18H,17H2,1H3. The zero-order chi connectivity index (χ0) is 14.3. The molecule has 1 aromatic carbocycles. The van der Waals surface area contributed by atoms with Gasteiger partial charge >= 0.3 is 0 Å². The second-order valence-corrected chi connectivity index (χ2v) is 5.62. The van der Waals surface area contributed by atoms with Crippen molar-refractivity contribution in [3.63, 3.8) is 0 Å². The lowest BCUT2D eigenvalue weighted by Gasteiger charge is -2.26. The summed E-state index contributed by atoms with van der Waals surface area (Å²) < 4.78 is 5.50. The average Bonchev–Trinajstić information content (AvgIpc) is 2.90. The van der Waals surface area contributed by atoms with E-state index in [1.807, 2.05) is 30.5 Å². The van der Waals surface area contributed by atoms with Gasteiger partial charge in [-0.05, 0) is 36.1 Å². The van der Waals surface area contributed by atoms with Crippen molar-refractivity contribution in [1.82, 2.24) is 0 Å². The van der Waals surface area contributed by atoms with Crippen LogP contribution in [0.2, 0.25) is 0 Å². The van der Waals surface area contributed by atoms with E-state index >= 15 is 0 Å². The number of phenols is 1. The molecule has 0 spiro atoms. The number of aromatic hydroxyl groups is 1. The lowest BCUT2D eigenvalue weighted by molar-refractivity contribution is 0.382. The van der Waals surface area contributed by atoms with E-state index in [4.69, 9.17) is 10.5 Å². The normalized spacial score (nSPS) is 17.3. The van der Waals surface area contributed by atoms with E-state index in [-0.39, 0.29) is 17.6 Å². The first-order valence-corrected chi connectivity index (χ1v) is 6.94. The van der Waals surface area contributed by atoms with E-state index < -0.39 is 0 Å². The van der Waals surface area contributed by atoms with Crippen LogP contribution < -0.4 is 10.5 Å². The zero-order valence-corrected chi connectivity index (χ0v) is 11.6. The lowest BCUT2D eigenvalue weighted by Crippen LogP contribution is -2.20. The molecule has 0 saturated heterocycles. The molecule has 2 heterocycles. The molecule has 3 N–H and O–H groups in total. The molecule has 4 nitrogen and oxygen atoms in total. The Morgan fingerprint density at radius 2 is 2.25 bits per heavy atom. The number of phenolic OH excluding ortho intramolecular Hbond substituents is 1. The van der Waals surface area contributed by atoms with E-state index in [1.54, 1.807) is 6.07 Å². The summed E-state index contributed by atoms with van der Waals surface area (Å²) in [7, 11) is 0. The van der Waals surface area contributed by atoms with Crippen LogP contribution in [0, 0.1) is 18.3 Å². The van der Waals surface area contributed by atoms with Crippen LogP contribution in [0.4, 0.5) is 0 Å². The summed E-state index contributed by atoms with van der Waals surface area (Å²) in [6, 6.07) is 9.42. The summed E-state index contributed by atoms with van der Waals surface area (Å²) in [6.07, 6.45) is 0. The molecule has 2 aromatic rings. The Hall–Kier alpha value is -2.45. The van der Waals surface area contributed by atoms with Crippen molar-refractivity contribution in [2.75, 3.05) is 0 Å². The fourth-order valence-corrected chi connectivity index (χ4v) is 3.28. The topological polar surface area (TPSA) is 79.3 Å². The Kier molecular flexibility index (Phi) is 2.88. The van der Waals surface area contributed by atoms with Gasteiger partial charge in [-0.3, -0.25) is 0 Å². The maximum Gasteiger partial charge on any atom is 0.205 e. The van der Waals surface area contributed by atoms with Gasteiger partial charge in [-0.15, -0.1) is 11.3 Å². The summed E-state index contributed by atoms with van der Waals surface area (Å²) in [5.74, 6) is 0.365. The number of hydrogen-bond acceptors (Lipinski definition) is 5. The van der Waals surface area contributed by atoms with Gasteiger partial charge in [0.15, 0.2) is 0 Å². The Morgan fingerprint density at radius 1 is 1.45 bits per heavy atom. The van der Waals surface area contributed by atoms with E-state index in [1.165, 1.54) is 11.3 Å². The number of nitriles is 1. The molecule has 1 aliphatic heterocycles. The average molecular weight is 284 g/mol. The molecule has 0 radical (unpaired) electrons. The third-order valence-corrected chi connectivity index (χ3v) is 4.21. The SMILES string of the molecule is Cc1cc(O)c2c(c1)OC(N)=C(C#N)C2c1cccs1. The van der Waals surface area contributed by atoms with Gasteiger partial charge in [0, 0.05) is 4.88 Å². The Bertz CT molecular complexity index is 742. The Morgan fingerprint density at radius 3 is 2.90 bits per heavy atom. The molecular formula is C15H12N2O2S. The number of nitrogens with zero attached hydrogens (tertiary/aromatic N) is 1. The van der Waals surface area contributed by atoms with Gasteiger partial charge in [0.05, 0.1) is 11.5 Å². The van der Waals surface area contributed by atoms with Crippen LogP contribution in [0.3, 0.4) is 0 Å². The number of allylic oxidation sites excluding steroid dienone is 1. The lowest BCUT2D eigenvalue weighted by atomic mass is 9.87. The van der Waals surface area contributed by atoms with Crippen LogP contribution in [0.5, 0.6) is 11.5 Å². The molecule has 1 aromatic heterocycles. The van der Waals surface area contributed by atoms with Gasteiger partial charge in [-0.2, -0.15) is 5.26 Å². The maximum atomic E-state index is 10.3. The molecule has 0 amide bonds. The van der Waals surface area contributed by atoms with Crippen LogP contribution in [-0.2, 0) is 0 Å². The van der Waals surface area contributed by atoms with E-state index in [2.05, 4.69) is 6.07 Å². The first-order valence-electron chi connectivity index (χ1n) is 6.06. The van der Waals surface area contributed by atoms with Crippen LogP contribution in [0.15, 0.2) is 41.1 Å². The number of ether oxygens (including phenoxy) is 1. The van der Waals surface area contributed by atoms with Gasteiger partial charge in [-0.25, -0.2) is 0 Å². The molecule has 5 heteroatoms. The minimum absolute atomic E-state index is 0.100. The highest BCUT2D eigenvalue weighted by Gasteiger charge is 2.33. The summed E-state index contributed by atoms with van der Waals surface area (Å²) in [6.45, 7) is 1.86. The van der Waals surface area contributed by atoms with Crippen molar-refractivity contribution >= 4 is 11.3 Å². The Balaban J connectivity index is 2.29. The largest absolute Gasteiger partial charge is 0.507 e. The Labute approximate surface area is 120 Å². The molecule has 0 saturated carbocycles. The minimum atomic E-state index is -0.371. The van der Waals surface area contributed by atoms with Crippen molar-refractivity contribution in [3.8, 4) is 17.6 Å². The van der Waals surface area contributed by atoms with E-state index in [0.29, 0.717) is 16.9 Å². The van der Waals surface area contributed by atoms with Crippen LogP contribution in [0.25, 0.3) is 0 Å². The molecule has 0 aliphatic carbocycles. The van der Waals surface area contributed by atoms with Crippen LogP contribution >= 0.6 is 11.3 Å². The molecule has 3 rings (SSSR count). The van der Waals surface area contributed by atoms with E-state index in [0.717, 1.165) is 10.4 Å². The molecule has 1 atom stereocenters. The van der Waals surface area contributed by atoms with Crippen molar-refractivity contribution < 1.29 is 9.84 Å². The first kappa shape index (κ1) is 12.6. The second kappa shape index (κ2) is 4.58. The number of hydrogen-bond donors (Lipinski definition) is 2. The van der Waals surface area contributed by atoms with Crippen LogP contribution in [0.1, 0.15) is 21.9 Å². The number of benzene rings is 1. The molecule has 1 unspecified atom stereocenters. The highest BCUT2D eigenvalue weighted by molar-refractivity contribution is 7.10. The van der Waals surface area contributed by atoms with Gasteiger partial charge < -0.3 is 15.6 Å². The van der Waals surface area contributed by atoms with E-state index in [9.17, 15) is 10.4 Å². The van der Waals surface area contributed by atoms with Gasteiger partial charge in [0.25, 0.3) is 0 Å². The first-order chi connectivity index (χ1) is 9.61. The fraction of sp³-hybridized carbons (Fsp3) is 0.133. The van der Waals surface area contributed by atoms with Crippen LogP contribution in [-0.4, -0.2) is 5.11 Å². The number of fused-ring (bicyclic) bond motifs is 1. The second-order valence-electron chi connectivity index (χ2n) is 4.64. The zero-order valence-electron chi connectivity index (χ0n) is 10.8. The number of rotatable bonds is 1. The van der Waals surface area contributed by atoms with Crippen molar-refractivity contribution in [1.29, 1.82) is 5.26 Å². The van der Waals surface area contributed by atoms with Gasteiger partial charge in [-0.1, -0.05) is 6.07 Å². The van der Waals surface area contributed by atoms with Crippen molar-refractivity contribution in [2.45, 2.75) is 12.8 Å². The molecular weight excluding hydrogens is 272 g/mol. The third kappa shape index (κ3) is 1.82. The van der Waals surface area contributed by atoms with Crippen molar-refractivity contribution in [3.05, 3.63) is 57.1 Å². The molecule has 1 aliphatic rings. The van der Waals surface area contributed by atoms with Gasteiger partial charge in [0.2, 0.25) is 5.88 Å². The van der Waals surface area contributed by atoms with Crippen molar-refractivity contribution in [2.24, 2.45) is 5.73 Å². The van der Waals surface area contributed by atoms with Gasteiger partial charge in [0.1, 0.15) is 23.1 Å². The highest BCUT2D eigenvalue weighted by Crippen LogP contribution is 2.47. The molecule has 0 fully saturated rings. The number of nitrogens with two attached hydrogens (primary N) is 1. The summed E-state index contributed by atoms with van der Waals surface area (Å²) in [5, 5.41) is 21.5. The summed E-state index contributed by atoms with van der Waals surface area (Å²) in [5.41, 5.74) is 7.67. The quantitative estimate of drug-likeness (QED) is 0.843. The predicted molar refractivity (Wildman–Crippen MR) is 76.5 cm³/mol. The summed E-state index contributed by atoms with van der Waals surface area (Å²) in [4.78, 5) is 0.952. The monoisotopic (exact) mass is 284 g/mol. The highest BCUT2D eigenvalue weighted by atomic mass is 32.1. The fourth-order valence-electron chi connectivity index (χ4n) is 2.44. The maximum absolute atomic E-state index is 10.3. The molecule has 0 bridgehead atoms. The number of aryl methyl sites for hydroxylation is 1. The number of thiophene rings is 1. The summed E-state index contributed by atoms with van der Waals surface area (Å²) >= 11 is 1.52. The molecule has 100 valence electrons. The predicted octanol–water partition coefficient (Wildman–Crippen LogP) is 2.98.